The first-order chi connectivity index (χ1) is 8.33. The van der Waals surface area contributed by atoms with Crippen molar-refractivity contribution < 1.29 is 9.53 Å². The molecule has 18 heavy (non-hydrogen) atoms. The molecule has 0 aromatic heterocycles. The minimum absolute atomic E-state index is 0.246. The second kappa shape index (κ2) is 6.50. The molecule has 2 atom stereocenters. The predicted molar refractivity (Wildman–Crippen MR) is 72.0 cm³/mol. The Kier molecular flexibility index (Phi) is 5.56. The van der Waals surface area contributed by atoms with Gasteiger partial charge in [-0.1, -0.05) is 0 Å². The van der Waals surface area contributed by atoms with E-state index < -0.39 is 11.4 Å². The van der Waals surface area contributed by atoms with E-state index in [1.165, 1.54) is 0 Å². The Labute approximate surface area is 110 Å². The van der Waals surface area contributed by atoms with Crippen molar-refractivity contribution in [1.82, 2.24) is 4.90 Å². The normalized spacial score (nSPS) is 22.7. The van der Waals surface area contributed by atoms with Crippen LogP contribution in [0.4, 0.5) is 0 Å². The SMILES string of the molecule is CC(CC(C)(N)C(N)=O)N(C)CC1CCOCC1. The Bertz CT molecular complexity index is 275. The van der Waals surface area contributed by atoms with Crippen LogP contribution in [0.15, 0.2) is 0 Å². The summed E-state index contributed by atoms with van der Waals surface area (Å²) in [5, 5.41) is 0. The molecule has 1 aliphatic rings. The molecule has 0 spiro atoms. The number of primary amides is 1. The van der Waals surface area contributed by atoms with Crippen molar-refractivity contribution in [3.05, 3.63) is 0 Å². The fraction of sp³-hybridized carbons (Fsp3) is 0.923. The van der Waals surface area contributed by atoms with E-state index >= 15 is 0 Å². The summed E-state index contributed by atoms with van der Waals surface area (Å²) in [5.41, 5.74) is 10.3. The van der Waals surface area contributed by atoms with E-state index in [9.17, 15) is 4.79 Å². The Hall–Kier alpha value is -0.650. The Morgan fingerprint density at radius 3 is 2.56 bits per heavy atom. The van der Waals surface area contributed by atoms with Gasteiger partial charge in [-0.15, -0.1) is 0 Å². The van der Waals surface area contributed by atoms with Gasteiger partial charge >= 0.3 is 0 Å². The second-order valence-electron chi connectivity index (χ2n) is 5.83. The minimum atomic E-state index is -0.927. The fourth-order valence-corrected chi connectivity index (χ4v) is 2.39. The molecule has 1 heterocycles. The number of ether oxygens (including phenoxy) is 1. The average Bonchev–Trinajstić information content (AvgIpc) is 2.29. The molecule has 0 radical (unpaired) electrons. The number of nitrogens with two attached hydrogens (primary N) is 2. The molecule has 0 aromatic carbocycles. The van der Waals surface area contributed by atoms with Crippen LogP contribution in [-0.4, -0.2) is 49.2 Å². The molecule has 1 fully saturated rings. The molecule has 0 bridgehead atoms. The highest BCUT2D eigenvalue weighted by Gasteiger charge is 2.30. The summed E-state index contributed by atoms with van der Waals surface area (Å²) in [6.07, 6.45) is 2.82. The number of nitrogens with zero attached hydrogens (tertiary/aromatic N) is 1. The highest BCUT2D eigenvalue weighted by atomic mass is 16.5. The molecule has 0 aliphatic carbocycles. The van der Waals surface area contributed by atoms with Crippen LogP contribution in [0.5, 0.6) is 0 Å². The summed E-state index contributed by atoms with van der Waals surface area (Å²) < 4.78 is 5.35. The highest BCUT2D eigenvalue weighted by Crippen LogP contribution is 2.19. The Balaban J connectivity index is 2.40. The standard InChI is InChI=1S/C13H27N3O2/c1-10(8-13(2,15)12(14)17)16(3)9-11-4-6-18-7-5-11/h10-11H,4-9,15H2,1-3H3,(H2,14,17). The van der Waals surface area contributed by atoms with Crippen LogP contribution in [0.25, 0.3) is 0 Å². The van der Waals surface area contributed by atoms with Gasteiger partial charge in [0.15, 0.2) is 0 Å². The number of rotatable bonds is 6. The van der Waals surface area contributed by atoms with E-state index in [1.807, 2.05) is 0 Å². The van der Waals surface area contributed by atoms with Crippen molar-refractivity contribution in [2.45, 2.75) is 44.7 Å². The summed E-state index contributed by atoms with van der Waals surface area (Å²) >= 11 is 0. The first-order valence-corrected chi connectivity index (χ1v) is 6.69. The van der Waals surface area contributed by atoms with Crippen molar-refractivity contribution in [3.63, 3.8) is 0 Å². The van der Waals surface area contributed by atoms with E-state index in [-0.39, 0.29) is 6.04 Å². The van der Waals surface area contributed by atoms with Crippen LogP contribution in [0.1, 0.15) is 33.1 Å². The molecule has 0 saturated carbocycles. The predicted octanol–water partition coefficient (Wildman–Crippen LogP) is 0.326. The maximum Gasteiger partial charge on any atom is 0.237 e. The van der Waals surface area contributed by atoms with Crippen molar-refractivity contribution in [1.29, 1.82) is 0 Å². The minimum Gasteiger partial charge on any atom is -0.381 e. The zero-order valence-electron chi connectivity index (χ0n) is 11.8. The molecule has 1 saturated heterocycles. The van der Waals surface area contributed by atoms with E-state index in [4.69, 9.17) is 16.2 Å². The quantitative estimate of drug-likeness (QED) is 0.718. The molecule has 1 amide bonds. The molecule has 106 valence electrons. The Morgan fingerprint density at radius 2 is 2.06 bits per heavy atom. The third-order valence-corrected chi connectivity index (χ3v) is 3.92. The van der Waals surface area contributed by atoms with E-state index in [0.717, 1.165) is 32.6 Å². The Morgan fingerprint density at radius 1 is 1.50 bits per heavy atom. The topological polar surface area (TPSA) is 81.6 Å². The summed E-state index contributed by atoms with van der Waals surface area (Å²) in [6, 6.07) is 0.246. The first kappa shape index (κ1) is 15.4. The summed E-state index contributed by atoms with van der Waals surface area (Å²) in [4.78, 5) is 13.5. The van der Waals surface area contributed by atoms with Gasteiger partial charge in [0.2, 0.25) is 5.91 Å². The van der Waals surface area contributed by atoms with Gasteiger partial charge < -0.3 is 21.1 Å². The number of hydrogen-bond donors (Lipinski definition) is 2. The molecular weight excluding hydrogens is 230 g/mol. The highest BCUT2D eigenvalue weighted by molar-refractivity contribution is 5.83. The van der Waals surface area contributed by atoms with Gasteiger partial charge in [-0.05, 0) is 46.1 Å². The molecule has 1 aliphatic heterocycles. The third-order valence-electron chi connectivity index (χ3n) is 3.92. The summed E-state index contributed by atoms with van der Waals surface area (Å²) in [6.45, 7) is 6.55. The maximum absolute atomic E-state index is 11.2. The number of carbonyl (C=O) groups is 1. The van der Waals surface area contributed by atoms with Crippen LogP contribution in [-0.2, 0) is 9.53 Å². The molecule has 5 nitrogen and oxygen atoms in total. The average molecular weight is 257 g/mol. The summed E-state index contributed by atoms with van der Waals surface area (Å²) in [7, 11) is 2.08. The lowest BCUT2D eigenvalue weighted by Gasteiger charge is -2.34. The monoisotopic (exact) mass is 257 g/mol. The summed E-state index contributed by atoms with van der Waals surface area (Å²) in [5.74, 6) is 0.248. The van der Waals surface area contributed by atoms with Gasteiger partial charge in [-0.25, -0.2) is 0 Å². The van der Waals surface area contributed by atoms with E-state index in [2.05, 4.69) is 18.9 Å². The lowest BCUT2D eigenvalue weighted by atomic mass is 9.92. The number of carbonyl (C=O) groups excluding carboxylic acids is 1. The van der Waals surface area contributed by atoms with Gasteiger partial charge in [0.05, 0.1) is 5.54 Å². The van der Waals surface area contributed by atoms with Crippen molar-refractivity contribution >= 4 is 5.91 Å². The molecule has 1 rings (SSSR count). The van der Waals surface area contributed by atoms with Crippen LogP contribution >= 0.6 is 0 Å². The fourth-order valence-electron chi connectivity index (χ4n) is 2.39. The lowest BCUT2D eigenvalue weighted by Crippen LogP contribution is -2.53. The third kappa shape index (κ3) is 4.55. The van der Waals surface area contributed by atoms with E-state index in [0.29, 0.717) is 12.3 Å². The van der Waals surface area contributed by atoms with Gasteiger partial charge in [0.25, 0.3) is 0 Å². The maximum atomic E-state index is 11.2. The number of amides is 1. The van der Waals surface area contributed by atoms with Crippen molar-refractivity contribution in [2.75, 3.05) is 26.8 Å². The van der Waals surface area contributed by atoms with Crippen molar-refractivity contribution in [3.8, 4) is 0 Å². The van der Waals surface area contributed by atoms with Gasteiger partial charge in [0, 0.05) is 25.8 Å². The largest absolute Gasteiger partial charge is 0.381 e. The second-order valence-corrected chi connectivity index (χ2v) is 5.83. The van der Waals surface area contributed by atoms with Crippen LogP contribution < -0.4 is 11.5 Å². The first-order valence-electron chi connectivity index (χ1n) is 6.69. The zero-order valence-corrected chi connectivity index (χ0v) is 11.8. The number of hydrogen-bond acceptors (Lipinski definition) is 4. The van der Waals surface area contributed by atoms with Crippen LogP contribution in [0, 0.1) is 5.92 Å². The van der Waals surface area contributed by atoms with Gasteiger partial charge in [-0.3, -0.25) is 4.79 Å². The molecule has 2 unspecified atom stereocenters. The van der Waals surface area contributed by atoms with Crippen molar-refractivity contribution in [2.24, 2.45) is 17.4 Å². The van der Waals surface area contributed by atoms with Crippen LogP contribution in [0.2, 0.25) is 0 Å². The molecule has 0 aromatic rings. The smallest absolute Gasteiger partial charge is 0.237 e. The lowest BCUT2D eigenvalue weighted by molar-refractivity contribution is -0.123. The van der Waals surface area contributed by atoms with Gasteiger partial charge in [-0.2, -0.15) is 0 Å². The molecular formula is C13H27N3O2. The van der Waals surface area contributed by atoms with Crippen LogP contribution in [0.3, 0.4) is 0 Å². The van der Waals surface area contributed by atoms with Gasteiger partial charge in [0.1, 0.15) is 0 Å². The zero-order chi connectivity index (χ0) is 13.8. The molecule has 4 N–H and O–H groups in total. The van der Waals surface area contributed by atoms with E-state index in [1.54, 1.807) is 6.92 Å². The molecule has 5 heteroatoms.